The molecule has 0 aromatic heterocycles. The number of amides is 2. The van der Waals surface area contributed by atoms with E-state index in [1.165, 1.54) is 4.90 Å². The summed E-state index contributed by atoms with van der Waals surface area (Å²) in [6, 6.07) is 5.12. The first kappa shape index (κ1) is 12.2. The van der Waals surface area contributed by atoms with Crippen molar-refractivity contribution >= 4 is 17.5 Å². The maximum absolute atomic E-state index is 12.4. The van der Waals surface area contributed by atoms with Gasteiger partial charge in [-0.15, -0.1) is 0 Å². The minimum atomic E-state index is -0.256. The molecule has 2 heterocycles. The normalized spacial score (nSPS) is 22.7. The number of ether oxygens (including phenoxy) is 1. The summed E-state index contributed by atoms with van der Waals surface area (Å²) >= 11 is 0. The third-order valence-electron chi connectivity index (χ3n) is 3.66. The second-order valence-electron chi connectivity index (χ2n) is 5.04. The number of imide groups is 1. The van der Waals surface area contributed by atoms with Crippen LogP contribution in [0.2, 0.25) is 0 Å². The van der Waals surface area contributed by atoms with Crippen molar-refractivity contribution in [1.82, 2.24) is 4.90 Å². The molecule has 0 spiro atoms. The Morgan fingerprint density at radius 3 is 2.95 bits per heavy atom. The summed E-state index contributed by atoms with van der Waals surface area (Å²) < 4.78 is 5.49. The number of nitrogens with zero attached hydrogens (tertiary/aromatic N) is 1. The zero-order valence-corrected chi connectivity index (χ0v) is 10.6. The third-order valence-corrected chi connectivity index (χ3v) is 3.66. The topological polar surface area (TPSA) is 72.6 Å². The van der Waals surface area contributed by atoms with E-state index in [9.17, 15) is 9.59 Å². The summed E-state index contributed by atoms with van der Waals surface area (Å²) in [5, 5.41) is 0. The lowest BCUT2D eigenvalue weighted by atomic mass is 9.97. The molecular formula is C14H16N2O3. The standard InChI is InChI=1S/C14H16N2O3/c15-10-4-3-9-6-13(17)16(14(18)12(9)7-10)8-11-2-1-5-19-11/h3-4,7,11H,1-2,5-6,8,15H2. The molecule has 0 bridgehead atoms. The van der Waals surface area contributed by atoms with Gasteiger partial charge in [0.1, 0.15) is 0 Å². The van der Waals surface area contributed by atoms with Crippen molar-refractivity contribution in [2.24, 2.45) is 0 Å². The molecule has 1 aromatic rings. The average molecular weight is 260 g/mol. The molecule has 1 fully saturated rings. The molecule has 100 valence electrons. The molecule has 0 saturated carbocycles. The SMILES string of the molecule is Nc1ccc2c(c1)C(=O)N(CC1CCCO1)C(=O)C2. The molecule has 2 aliphatic rings. The van der Waals surface area contributed by atoms with E-state index >= 15 is 0 Å². The summed E-state index contributed by atoms with van der Waals surface area (Å²) in [7, 11) is 0. The van der Waals surface area contributed by atoms with E-state index < -0.39 is 0 Å². The second-order valence-corrected chi connectivity index (χ2v) is 5.04. The van der Waals surface area contributed by atoms with Crippen molar-refractivity contribution < 1.29 is 14.3 Å². The Hall–Kier alpha value is -1.88. The van der Waals surface area contributed by atoms with Gasteiger partial charge < -0.3 is 10.5 Å². The first-order valence-electron chi connectivity index (χ1n) is 6.50. The van der Waals surface area contributed by atoms with E-state index in [1.54, 1.807) is 18.2 Å². The third kappa shape index (κ3) is 2.21. The highest BCUT2D eigenvalue weighted by atomic mass is 16.5. The maximum Gasteiger partial charge on any atom is 0.260 e. The van der Waals surface area contributed by atoms with Crippen LogP contribution in [0.1, 0.15) is 28.8 Å². The second kappa shape index (κ2) is 4.66. The molecular weight excluding hydrogens is 244 g/mol. The number of anilines is 1. The Balaban J connectivity index is 1.86. The van der Waals surface area contributed by atoms with Crippen LogP contribution in [0.4, 0.5) is 5.69 Å². The first-order valence-corrected chi connectivity index (χ1v) is 6.50. The van der Waals surface area contributed by atoms with Gasteiger partial charge in [0, 0.05) is 17.9 Å². The fourth-order valence-electron chi connectivity index (χ4n) is 2.64. The predicted molar refractivity (Wildman–Crippen MR) is 69.6 cm³/mol. The summed E-state index contributed by atoms with van der Waals surface area (Å²) in [5.74, 6) is -0.410. The number of carbonyl (C=O) groups excluding carboxylic acids is 2. The van der Waals surface area contributed by atoms with Gasteiger partial charge in [-0.05, 0) is 30.5 Å². The number of rotatable bonds is 2. The zero-order chi connectivity index (χ0) is 13.4. The Morgan fingerprint density at radius 1 is 1.37 bits per heavy atom. The molecule has 0 radical (unpaired) electrons. The Morgan fingerprint density at radius 2 is 2.21 bits per heavy atom. The van der Waals surface area contributed by atoms with Gasteiger partial charge in [0.05, 0.1) is 19.1 Å². The number of fused-ring (bicyclic) bond motifs is 1. The number of nitrogen functional groups attached to an aromatic ring is 1. The highest BCUT2D eigenvalue weighted by Gasteiger charge is 2.33. The molecule has 2 amide bonds. The van der Waals surface area contributed by atoms with Crippen LogP contribution in [0, 0.1) is 0 Å². The predicted octanol–water partition coefficient (Wildman–Crippen LogP) is 0.973. The summed E-state index contributed by atoms with van der Waals surface area (Å²) in [6.07, 6.45) is 2.13. The Bertz CT molecular complexity index is 535. The first-order chi connectivity index (χ1) is 9.15. The van der Waals surface area contributed by atoms with Crippen LogP contribution in [0.25, 0.3) is 0 Å². The average Bonchev–Trinajstić information content (AvgIpc) is 2.89. The molecule has 3 rings (SSSR count). The van der Waals surface area contributed by atoms with Gasteiger partial charge in [-0.1, -0.05) is 6.07 Å². The number of hydrogen-bond acceptors (Lipinski definition) is 4. The largest absolute Gasteiger partial charge is 0.399 e. The van der Waals surface area contributed by atoms with Crippen molar-refractivity contribution in [3.63, 3.8) is 0 Å². The van der Waals surface area contributed by atoms with Gasteiger partial charge >= 0.3 is 0 Å². The molecule has 1 saturated heterocycles. The Labute approximate surface area is 111 Å². The molecule has 5 nitrogen and oxygen atoms in total. The molecule has 19 heavy (non-hydrogen) atoms. The smallest absolute Gasteiger partial charge is 0.260 e. The lowest BCUT2D eigenvalue weighted by Gasteiger charge is -2.28. The van der Waals surface area contributed by atoms with E-state index in [0.29, 0.717) is 24.4 Å². The van der Waals surface area contributed by atoms with Crippen LogP contribution in [0.15, 0.2) is 18.2 Å². The zero-order valence-electron chi connectivity index (χ0n) is 10.6. The van der Waals surface area contributed by atoms with Gasteiger partial charge in [-0.3, -0.25) is 14.5 Å². The summed E-state index contributed by atoms with van der Waals surface area (Å²) in [4.78, 5) is 25.7. The number of carbonyl (C=O) groups is 2. The fraction of sp³-hybridized carbons (Fsp3) is 0.429. The van der Waals surface area contributed by atoms with Crippen LogP contribution >= 0.6 is 0 Å². The highest BCUT2D eigenvalue weighted by molar-refractivity contribution is 6.10. The summed E-state index contributed by atoms with van der Waals surface area (Å²) in [6.45, 7) is 1.07. The quantitative estimate of drug-likeness (QED) is 0.635. The van der Waals surface area contributed by atoms with Crippen molar-refractivity contribution in [3.8, 4) is 0 Å². The van der Waals surface area contributed by atoms with E-state index in [1.807, 2.05) is 0 Å². The lowest BCUT2D eigenvalue weighted by Crippen LogP contribution is -2.46. The minimum Gasteiger partial charge on any atom is -0.399 e. The molecule has 1 atom stereocenters. The Kier molecular flexibility index (Phi) is 2.98. The van der Waals surface area contributed by atoms with E-state index in [0.717, 1.165) is 18.4 Å². The van der Waals surface area contributed by atoms with E-state index in [2.05, 4.69) is 0 Å². The molecule has 2 N–H and O–H groups in total. The molecule has 0 aliphatic carbocycles. The summed E-state index contributed by atoms with van der Waals surface area (Å²) in [5.41, 5.74) is 7.54. The number of benzene rings is 1. The van der Waals surface area contributed by atoms with Crippen LogP contribution in [-0.4, -0.2) is 36.0 Å². The van der Waals surface area contributed by atoms with Crippen molar-refractivity contribution in [2.45, 2.75) is 25.4 Å². The lowest BCUT2D eigenvalue weighted by molar-refractivity contribution is -0.129. The van der Waals surface area contributed by atoms with Crippen LogP contribution in [0.3, 0.4) is 0 Å². The monoisotopic (exact) mass is 260 g/mol. The van der Waals surface area contributed by atoms with Crippen molar-refractivity contribution in [2.75, 3.05) is 18.9 Å². The van der Waals surface area contributed by atoms with Gasteiger partial charge in [-0.25, -0.2) is 0 Å². The van der Waals surface area contributed by atoms with Gasteiger partial charge in [0.15, 0.2) is 0 Å². The van der Waals surface area contributed by atoms with Crippen molar-refractivity contribution in [1.29, 1.82) is 0 Å². The number of nitrogens with two attached hydrogens (primary N) is 1. The van der Waals surface area contributed by atoms with Crippen LogP contribution in [-0.2, 0) is 16.0 Å². The number of hydrogen-bond donors (Lipinski definition) is 1. The molecule has 1 unspecified atom stereocenters. The van der Waals surface area contributed by atoms with Crippen LogP contribution < -0.4 is 5.73 Å². The minimum absolute atomic E-state index is 0.0180. The van der Waals surface area contributed by atoms with E-state index in [4.69, 9.17) is 10.5 Å². The molecule has 1 aromatic carbocycles. The van der Waals surface area contributed by atoms with Gasteiger partial charge in [0.2, 0.25) is 5.91 Å². The molecule has 2 aliphatic heterocycles. The van der Waals surface area contributed by atoms with E-state index in [-0.39, 0.29) is 24.3 Å². The fourth-order valence-corrected chi connectivity index (χ4v) is 2.64. The highest BCUT2D eigenvalue weighted by Crippen LogP contribution is 2.24. The van der Waals surface area contributed by atoms with Crippen LogP contribution in [0.5, 0.6) is 0 Å². The maximum atomic E-state index is 12.4. The molecule has 5 heteroatoms. The van der Waals surface area contributed by atoms with Crippen molar-refractivity contribution in [3.05, 3.63) is 29.3 Å². The van der Waals surface area contributed by atoms with Gasteiger partial charge in [0.25, 0.3) is 5.91 Å². The van der Waals surface area contributed by atoms with Gasteiger partial charge in [-0.2, -0.15) is 0 Å².